The fourth-order valence-corrected chi connectivity index (χ4v) is 6.45. The van der Waals surface area contributed by atoms with E-state index in [0.29, 0.717) is 19.5 Å². The Morgan fingerprint density at radius 2 is 2.06 bits per heavy atom. The van der Waals surface area contributed by atoms with E-state index in [-0.39, 0.29) is 28.2 Å². The van der Waals surface area contributed by atoms with Crippen LogP contribution in [0.15, 0.2) is 33.2 Å². The van der Waals surface area contributed by atoms with Gasteiger partial charge in [0.15, 0.2) is 11.6 Å². The lowest BCUT2D eigenvalue weighted by molar-refractivity contribution is -0.138. The minimum atomic E-state index is -4.40. The molecule has 36 heavy (non-hydrogen) atoms. The highest BCUT2D eigenvalue weighted by Gasteiger charge is 2.47. The molecular weight excluding hydrogens is 537 g/mol. The number of halogens is 2. The molecule has 1 saturated heterocycles. The summed E-state index contributed by atoms with van der Waals surface area (Å²) >= 11 is 11.9. The number of aliphatic carboxylic acids is 1. The third-order valence-electron chi connectivity index (χ3n) is 5.87. The zero-order valence-electron chi connectivity index (χ0n) is 18.9. The molecule has 3 aliphatic rings. The highest BCUT2D eigenvalue weighted by molar-refractivity contribution is 7.89. The number of carbonyl (C=O) groups excluding carboxylic acids is 1. The summed E-state index contributed by atoms with van der Waals surface area (Å²) in [5.74, 6) is -1.40. The Kier molecular flexibility index (Phi) is 7.90. The van der Waals surface area contributed by atoms with Crippen LogP contribution in [-0.4, -0.2) is 87.5 Å². The van der Waals surface area contributed by atoms with Crippen molar-refractivity contribution in [3.63, 3.8) is 0 Å². The summed E-state index contributed by atoms with van der Waals surface area (Å²) in [6.45, 7) is 2.10. The number of hydrogen-bond donors (Lipinski definition) is 6. The van der Waals surface area contributed by atoms with Crippen molar-refractivity contribution >= 4 is 56.8 Å². The number of sulfonamides is 1. The van der Waals surface area contributed by atoms with Crippen molar-refractivity contribution in [3.8, 4) is 0 Å². The fraction of sp³-hybridized carbons (Fsp3) is 0.500. The lowest BCUT2D eigenvalue weighted by Crippen LogP contribution is -2.49. The largest absolute Gasteiger partial charge is 0.480 e. The van der Waals surface area contributed by atoms with Crippen LogP contribution in [0.5, 0.6) is 0 Å². The smallest absolute Gasteiger partial charge is 0.323 e. The van der Waals surface area contributed by atoms with Crippen LogP contribution in [0, 0.1) is 0 Å². The van der Waals surface area contributed by atoms with Crippen LogP contribution in [0.25, 0.3) is 0 Å². The summed E-state index contributed by atoms with van der Waals surface area (Å²) in [7, 11) is -4.40. The van der Waals surface area contributed by atoms with Crippen molar-refractivity contribution in [2.75, 3.05) is 32.7 Å². The molecule has 1 spiro atoms. The summed E-state index contributed by atoms with van der Waals surface area (Å²) in [6, 6.07) is 2.47. The molecule has 0 aliphatic carbocycles. The van der Waals surface area contributed by atoms with E-state index >= 15 is 0 Å². The molecule has 1 amide bonds. The summed E-state index contributed by atoms with van der Waals surface area (Å²) in [4.78, 5) is 33.7. The molecule has 16 heteroatoms. The molecule has 0 bridgehead atoms. The molecule has 2 unspecified atom stereocenters. The first-order valence-corrected chi connectivity index (χ1v) is 13.3. The van der Waals surface area contributed by atoms with Crippen molar-refractivity contribution in [1.29, 1.82) is 0 Å². The minimum Gasteiger partial charge on any atom is -0.480 e. The average molecular weight is 562 g/mol. The number of hydrogen-bond acceptors (Lipinski definition) is 10. The number of guanidine groups is 1. The Hall–Kier alpha value is -2.65. The first-order valence-electron chi connectivity index (χ1n) is 11.1. The maximum absolute atomic E-state index is 12.7. The number of aliphatic imine (C=N–C) groups is 1. The van der Waals surface area contributed by atoms with Gasteiger partial charge in [-0.25, -0.2) is 8.42 Å². The van der Waals surface area contributed by atoms with Crippen molar-refractivity contribution in [3.05, 3.63) is 28.2 Å². The van der Waals surface area contributed by atoms with Gasteiger partial charge in [-0.05, 0) is 12.1 Å². The van der Waals surface area contributed by atoms with Gasteiger partial charge in [-0.2, -0.15) is 4.72 Å². The van der Waals surface area contributed by atoms with Crippen LogP contribution >= 0.6 is 23.2 Å². The Bertz CT molecular complexity index is 1190. The van der Waals surface area contributed by atoms with Crippen molar-refractivity contribution in [2.45, 2.75) is 35.4 Å². The third kappa shape index (κ3) is 6.00. The minimum absolute atomic E-state index is 0.0788. The highest BCUT2D eigenvalue weighted by Crippen LogP contribution is 2.32. The molecule has 13 nitrogen and oxygen atoms in total. The average Bonchev–Trinajstić information content (AvgIpc) is 3.57. The fourth-order valence-electron chi connectivity index (χ4n) is 4.11. The zero-order valence-corrected chi connectivity index (χ0v) is 21.2. The third-order valence-corrected chi connectivity index (χ3v) is 8.30. The van der Waals surface area contributed by atoms with Gasteiger partial charge in [0, 0.05) is 45.1 Å². The van der Waals surface area contributed by atoms with E-state index in [0.717, 1.165) is 19.0 Å². The molecule has 3 aliphatic heterocycles. The lowest BCUT2D eigenvalue weighted by atomic mass is 9.94. The number of rotatable bonds is 9. The van der Waals surface area contributed by atoms with Gasteiger partial charge in [-0.3, -0.25) is 14.6 Å². The standard InChI is InChI=1S/C20H25Cl2N7O6S/c21-12-2-1-3-13(22)16(12)36(33,34)29-15(18(31)32)9-25-17(30)14-7-20(35-28-14)6-11(27-10-20)8-26-19-23-4-5-24-19/h1-3,11,15,27,29H,4-10H2,(H,25,30)(H,31,32)(H2,23,24,26)/t11?,15?,20-/m0/s1. The van der Waals surface area contributed by atoms with Gasteiger partial charge < -0.3 is 31.2 Å². The van der Waals surface area contributed by atoms with Crippen LogP contribution in [0.4, 0.5) is 0 Å². The van der Waals surface area contributed by atoms with E-state index < -0.39 is 45.0 Å². The number of carboxylic acid groups (broad SMARTS) is 1. The van der Waals surface area contributed by atoms with Crippen LogP contribution in [-0.2, 0) is 24.4 Å². The topological polar surface area (TPSA) is 183 Å². The molecule has 0 aromatic heterocycles. The van der Waals surface area contributed by atoms with E-state index in [1.165, 1.54) is 18.2 Å². The summed E-state index contributed by atoms with van der Waals surface area (Å²) in [5, 5.41) is 25.2. The Morgan fingerprint density at radius 1 is 1.31 bits per heavy atom. The number of benzene rings is 1. The Morgan fingerprint density at radius 3 is 2.72 bits per heavy atom. The number of carbonyl (C=O) groups is 2. The van der Waals surface area contributed by atoms with Gasteiger partial charge >= 0.3 is 5.97 Å². The summed E-state index contributed by atoms with van der Waals surface area (Å²) < 4.78 is 27.4. The first kappa shape index (κ1) is 26.4. The number of carboxylic acids is 1. The lowest BCUT2D eigenvalue weighted by Gasteiger charge is -2.19. The second kappa shape index (κ2) is 10.8. The first-order chi connectivity index (χ1) is 17.1. The van der Waals surface area contributed by atoms with Crippen molar-refractivity contribution in [1.82, 2.24) is 26.0 Å². The van der Waals surface area contributed by atoms with Crippen LogP contribution in [0.3, 0.4) is 0 Å². The number of nitrogens with zero attached hydrogens (tertiary/aromatic N) is 2. The molecule has 1 fully saturated rings. The van der Waals surface area contributed by atoms with Crippen molar-refractivity contribution in [2.24, 2.45) is 10.1 Å². The predicted octanol–water partition coefficient (Wildman–Crippen LogP) is -0.733. The molecule has 1 aromatic rings. The maximum atomic E-state index is 12.7. The molecule has 0 saturated carbocycles. The molecular formula is C20H25Cl2N7O6S. The van der Waals surface area contributed by atoms with Crippen LogP contribution in [0.1, 0.15) is 12.8 Å². The molecule has 3 heterocycles. The Balaban J connectivity index is 1.30. The molecule has 3 atom stereocenters. The molecule has 4 rings (SSSR count). The summed E-state index contributed by atoms with van der Waals surface area (Å²) in [5.41, 5.74) is -0.591. The SMILES string of the molecule is O=C(NCC(NS(=O)(=O)c1c(Cl)cccc1Cl)C(=O)O)C1=NO[C@]2(CNC(CNC3=NCCN3)C2)C1. The van der Waals surface area contributed by atoms with Crippen molar-refractivity contribution < 1.29 is 28.0 Å². The predicted molar refractivity (Wildman–Crippen MR) is 132 cm³/mol. The number of nitrogens with one attached hydrogen (secondary N) is 5. The van der Waals surface area contributed by atoms with E-state index in [1.807, 2.05) is 4.72 Å². The van der Waals surface area contributed by atoms with Gasteiger partial charge in [-0.1, -0.05) is 34.4 Å². The quantitative estimate of drug-likeness (QED) is 0.226. The Labute approximate surface area is 217 Å². The van der Waals surface area contributed by atoms with Gasteiger partial charge in [0.05, 0.1) is 16.6 Å². The second-order valence-electron chi connectivity index (χ2n) is 8.58. The normalized spacial score (nSPS) is 24.0. The highest BCUT2D eigenvalue weighted by atomic mass is 35.5. The zero-order chi connectivity index (χ0) is 25.9. The van der Waals surface area contributed by atoms with Crippen LogP contribution in [0.2, 0.25) is 10.0 Å². The molecule has 6 N–H and O–H groups in total. The molecule has 0 radical (unpaired) electrons. The van der Waals surface area contributed by atoms with Gasteiger partial charge in [-0.15, -0.1) is 0 Å². The molecule has 196 valence electrons. The second-order valence-corrected chi connectivity index (χ2v) is 11.0. The van der Waals surface area contributed by atoms with E-state index in [9.17, 15) is 23.1 Å². The number of oxime groups is 1. The van der Waals surface area contributed by atoms with E-state index in [4.69, 9.17) is 28.0 Å². The summed E-state index contributed by atoms with van der Waals surface area (Å²) in [6.07, 6.45) is 0.823. The number of amides is 1. The monoisotopic (exact) mass is 561 g/mol. The van der Waals surface area contributed by atoms with E-state index in [2.05, 4.69) is 31.4 Å². The van der Waals surface area contributed by atoms with Gasteiger partial charge in [0.1, 0.15) is 16.6 Å². The maximum Gasteiger partial charge on any atom is 0.323 e. The van der Waals surface area contributed by atoms with Gasteiger partial charge in [0.2, 0.25) is 10.0 Å². The van der Waals surface area contributed by atoms with E-state index in [1.54, 1.807) is 0 Å². The molecule has 1 aromatic carbocycles. The van der Waals surface area contributed by atoms with Crippen LogP contribution < -0.4 is 26.0 Å². The van der Waals surface area contributed by atoms with Gasteiger partial charge in [0.25, 0.3) is 5.91 Å².